The summed E-state index contributed by atoms with van der Waals surface area (Å²) < 4.78 is 61.3. The van der Waals surface area contributed by atoms with Gasteiger partial charge in [0.2, 0.25) is 20.8 Å². The van der Waals surface area contributed by atoms with Crippen molar-refractivity contribution >= 4 is 20.8 Å². The molecular formula is C8H19F2N3O4S2. The number of halogens is 2. The Morgan fingerprint density at radius 2 is 1.47 bits per heavy atom. The second-order valence-corrected chi connectivity index (χ2v) is 6.83. The van der Waals surface area contributed by atoms with Gasteiger partial charge in [0, 0.05) is 13.1 Å². The van der Waals surface area contributed by atoms with Crippen molar-refractivity contribution in [2.75, 3.05) is 46.8 Å². The Bertz CT molecular complexity index is 442. The topological polar surface area (TPSA) is 85.6 Å². The number of hydrogen-bond donors (Lipinski definition) is 0. The molecule has 0 aliphatic carbocycles. The van der Waals surface area contributed by atoms with Gasteiger partial charge in [-0.25, -0.2) is 16.8 Å². The van der Waals surface area contributed by atoms with E-state index in [1.54, 1.807) is 0 Å². The van der Waals surface area contributed by atoms with Gasteiger partial charge < -0.3 is 8.61 Å². The van der Waals surface area contributed by atoms with Gasteiger partial charge in [-0.3, -0.25) is 4.90 Å². The minimum Gasteiger partial charge on any atom is -0.379 e. The van der Waals surface area contributed by atoms with Crippen molar-refractivity contribution in [3.63, 3.8) is 0 Å². The summed E-state index contributed by atoms with van der Waals surface area (Å²) >= 11 is 0. The zero-order chi connectivity index (χ0) is 15.3. The second kappa shape index (κ2) is 6.88. The summed E-state index contributed by atoms with van der Waals surface area (Å²) in [6, 6.07) is 0. The Morgan fingerprint density at radius 1 is 1.11 bits per heavy atom. The van der Waals surface area contributed by atoms with Gasteiger partial charge in [-0.1, -0.05) is 0 Å². The van der Waals surface area contributed by atoms with Crippen LogP contribution < -0.4 is 0 Å². The van der Waals surface area contributed by atoms with Crippen LogP contribution in [0.4, 0.5) is 7.77 Å². The van der Waals surface area contributed by atoms with Crippen molar-refractivity contribution in [2.24, 2.45) is 0 Å². The van der Waals surface area contributed by atoms with Gasteiger partial charge in [-0.2, -0.15) is 0 Å². The first kappa shape index (κ1) is 18.6. The lowest BCUT2D eigenvalue weighted by atomic mass is 10.3. The van der Waals surface area contributed by atoms with Gasteiger partial charge in [0.1, 0.15) is 0 Å². The number of hydrogen-bond acceptors (Lipinski definition) is 5. The fourth-order valence-corrected chi connectivity index (χ4v) is 2.32. The van der Waals surface area contributed by atoms with Crippen molar-refractivity contribution in [3.8, 4) is 0 Å². The lowest BCUT2D eigenvalue weighted by molar-refractivity contribution is -0.911. The SMILES string of the molecule is CC[N+]1(C)CCN(C)CC1.O=S(=O)(F)[N-]S(=O)(=O)F. The number of quaternary nitrogens is 1. The Labute approximate surface area is 113 Å². The summed E-state index contributed by atoms with van der Waals surface area (Å²) in [5.41, 5.74) is 0. The summed E-state index contributed by atoms with van der Waals surface area (Å²) in [6.45, 7) is 8.76. The highest BCUT2D eigenvalue weighted by Crippen LogP contribution is 2.11. The Morgan fingerprint density at radius 3 is 1.68 bits per heavy atom. The van der Waals surface area contributed by atoms with E-state index in [1.165, 1.54) is 37.2 Å². The van der Waals surface area contributed by atoms with E-state index in [2.05, 4.69) is 25.9 Å². The van der Waals surface area contributed by atoms with E-state index >= 15 is 0 Å². The van der Waals surface area contributed by atoms with E-state index in [0.29, 0.717) is 0 Å². The molecule has 0 spiro atoms. The third-order valence-electron chi connectivity index (χ3n) is 2.98. The minimum atomic E-state index is -5.62. The molecule has 1 fully saturated rings. The van der Waals surface area contributed by atoms with Gasteiger partial charge >= 0.3 is 0 Å². The maximum Gasteiger partial charge on any atom is 0.241 e. The molecule has 116 valence electrons. The van der Waals surface area contributed by atoms with Crippen LogP contribution in [0.25, 0.3) is 4.13 Å². The highest BCUT2D eigenvalue weighted by Gasteiger charge is 2.24. The summed E-state index contributed by atoms with van der Waals surface area (Å²) in [4.78, 5) is 2.41. The zero-order valence-electron chi connectivity index (χ0n) is 11.1. The van der Waals surface area contributed by atoms with Crippen LogP contribution >= 0.6 is 0 Å². The summed E-state index contributed by atoms with van der Waals surface area (Å²) in [7, 11) is -6.68. The lowest BCUT2D eigenvalue weighted by Crippen LogP contribution is -2.56. The highest BCUT2D eigenvalue weighted by atomic mass is 32.3. The van der Waals surface area contributed by atoms with E-state index in [9.17, 15) is 24.6 Å². The summed E-state index contributed by atoms with van der Waals surface area (Å²) in [5.74, 6) is 0. The lowest BCUT2D eigenvalue weighted by Gasteiger charge is -2.40. The van der Waals surface area contributed by atoms with E-state index in [0.717, 1.165) is 4.13 Å². The highest BCUT2D eigenvalue weighted by molar-refractivity contribution is 8.07. The molecule has 1 rings (SSSR count). The fourth-order valence-electron chi connectivity index (χ4n) is 1.47. The fraction of sp³-hybridized carbons (Fsp3) is 1.00. The van der Waals surface area contributed by atoms with Crippen LogP contribution in [0.15, 0.2) is 0 Å². The Kier molecular flexibility index (Phi) is 6.75. The average Bonchev–Trinajstić information content (AvgIpc) is 2.18. The van der Waals surface area contributed by atoms with Crippen molar-refractivity contribution in [1.29, 1.82) is 0 Å². The van der Waals surface area contributed by atoms with Gasteiger partial charge in [-0.05, 0) is 14.0 Å². The van der Waals surface area contributed by atoms with Crippen LogP contribution in [0.3, 0.4) is 0 Å². The van der Waals surface area contributed by atoms with Crippen LogP contribution in [-0.4, -0.2) is 73.0 Å². The molecule has 7 nitrogen and oxygen atoms in total. The first-order chi connectivity index (χ1) is 8.37. The molecule has 0 radical (unpaired) electrons. The molecule has 11 heteroatoms. The van der Waals surface area contributed by atoms with Crippen LogP contribution in [-0.2, 0) is 20.8 Å². The quantitative estimate of drug-likeness (QED) is 0.546. The molecule has 0 bridgehead atoms. The summed E-state index contributed by atoms with van der Waals surface area (Å²) in [5, 5.41) is 0. The van der Waals surface area contributed by atoms with Gasteiger partial charge in [0.25, 0.3) is 0 Å². The molecule has 1 aliphatic rings. The normalized spacial score (nSPS) is 20.5. The van der Waals surface area contributed by atoms with Crippen LogP contribution in [0.1, 0.15) is 6.92 Å². The van der Waals surface area contributed by atoms with Crippen molar-refractivity contribution in [1.82, 2.24) is 4.90 Å². The first-order valence-corrected chi connectivity index (χ1v) is 8.20. The molecule has 0 aromatic heterocycles. The van der Waals surface area contributed by atoms with Gasteiger partial charge in [0.05, 0.1) is 26.7 Å². The average molecular weight is 323 g/mol. The number of nitrogens with zero attached hydrogens (tertiary/aromatic N) is 3. The van der Waals surface area contributed by atoms with Crippen LogP contribution in [0.2, 0.25) is 0 Å². The number of piperazine rings is 1. The third kappa shape index (κ3) is 10.1. The van der Waals surface area contributed by atoms with Crippen LogP contribution in [0, 0.1) is 0 Å². The zero-order valence-corrected chi connectivity index (χ0v) is 12.7. The largest absolute Gasteiger partial charge is 0.379 e. The minimum absolute atomic E-state index is 1.15. The van der Waals surface area contributed by atoms with Crippen molar-refractivity contribution < 1.29 is 29.1 Å². The predicted molar refractivity (Wildman–Crippen MR) is 67.4 cm³/mol. The number of rotatable bonds is 3. The van der Waals surface area contributed by atoms with E-state index in [-0.39, 0.29) is 0 Å². The molecule has 0 aromatic rings. The molecule has 0 aromatic carbocycles. The van der Waals surface area contributed by atoms with Crippen LogP contribution in [0.5, 0.6) is 0 Å². The summed E-state index contributed by atoms with van der Waals surface area (Å²) in [6.07, 6.45) is 0. The van der Waals surface area contributed by atoms with E-state index in [1.807, 2.05) is 0 Å². The molecule has 19 heavy (non-hydrogen) atoms. The Balaban J connectivity index is 0.000000344. The molecular weight excluding hydrogens is 304 g/mol. The maximum atomic E-state index is 11.1. The third-order valence-corrected chi connectivity index (χ3v) is 4.41. The van der Waals surface area contributed by atoms with Crippen molar-refractivity contribution in [2.45, 2.75) is 6.92 Å². The Hall–Kier alpha value is -0.360. The second-order valence-electron chi connectivity index (χ2n) is 4.58. The number of likely N-dealkylation sites (N-methyl/N-ethyl adjacent to an activating group) is 2. The van der Waals surface area contributed by atoms with Crippen molar-refractivity contribution in [3.05, 3.63) is 4.13 Å². The molecule has 0 saturated carbocycles. The van der Waals surface area contributed by atoms with E-state index in [4.69, 9.17) is 0 Å². The molecule has 0 amide bonds. The standard InChI is InChI=1S/C8H19N2.F2NO4S2/c1-4-10(3)7-5-9(2)6-8-10;1-8(4,5)3-9(2,6)7/h4-8H2,1-3H3;/q+1;-1. The molecule has 0 N–H and O–H groups in total. The monoisotopic (exact) mass is 323 g/mol. The molecule has 1 heterocycles. The maximum absolute atomic E-state index is 11.1. The van der Waals surface area contributed by atoms with Gasteiger partial charge in [-0.15, -0.1) is 7.77 Å². The van der Waals surface area contributed by atoms with E-state index < -0.39 is 20.8 Å². The molecule has 0 atom stereocenters. The molecule has 1 saturated heterocycles. The first-order valence-electron chi connectivity index (χ1n) is 5.52. The predicted octanol–water partition coefficient (Wildman–Crippen LogP) is 0.187. The molecule has 0 unspecified atom stereocenters. The molecule has 1 aliphatic heterocycles. The van der Waals surface area contributed by atoms with Gasteiger partial charge in [0.15, 0.2) is 0 Å². The smallest absolute Gasteiger partial charge is 0.241 e.